The van der Waals surface area contributed by atoms with Crippen LogP contribution in [0.15, 0.2) is 22.7 Å². The van der Waals surface area contributed by atoms with Gasteiger partial charge in [-0.25, -0.2) is 4.79 Å². The number of carbonyl (C=O) groups excluding carboxylic acids is 1. The van der Waals surface area contributed by atoms with Crippen molar-refractivity contribution in [2.45, 2.75) is 39.3 Å². The fourth-order valence-corrected chi connectivity index (χ4v) is 1.86. The van der Waals surface area contributed by atoms with E-state index >= 15 is 0 Å². The van der Waals surface area contributed by atoms with Gasteiger partial charge < -0.3 is 14.8 Å². The van der Waals surface area contributed by atoms with E-state index in [1.54, 1.807) is 14.0 Å². The molecule has 1 aromatic carbocycles. The highest BCUT2D eigenvalue weighted by Crippen LogP contribution is 2.28. The number of carbonyl (C=O) groups is 1. The molecule has 1 aromatic rings. The molecule has 0 spiro atoms. The Bertz CT molecular complexity index is 454. The molecule has 0 bridgehead atoms. The maximum Gasteiger partial charge on any atom is 0.328 e. The number of nitrogens with one attached hydrogen (secondary N) is 1. The minimum atomic E-state index is -0.482. The van der Waals surface area contributed by atoms with E-state index in [0.717, 1.165) is 10.2 Å². The van der Waals surface area contributed by atoms with E-state index in [4.69, 9.17) is 9.47 Å². The van der Waals surface area contributed by atoms with Gasteiger partial charge in [0.1, 0.15) is 17.4 Å². The predicted octanol–water partition coefficient (Wildman–Crippen LogP) is 3.60. The summed E-state index contributed by atoms with van der Waals surface area (Å²) < 4.78 is 11.4. The van der Waals surface area contributed by atoms with Crippen LogP contribution in [0.3, 0.4) is 0 Å². The summed E-state index contributed by atoms with van der Waals surface area (Å²) >= 11 is 3.38. The SMILES string of the molecule is COc1cc(NC(C)C(=O)OC(C)(C)C)ccc1Br. The molecular formula is C14H20BrNO3. The second-order valence-electron chi connectivity index (χ2n) is 5.25. The molecule has 0 radical (unpaired) electrons. The summed E-state index contributed by atoms with van der Waals surface area (Å²) in [4.78, 5) is 11.9. The summed E-state index contributed by atoms with van der Waals surface area (Å²) in [6.45, 7) is 7.31. The lowest BCUT2D eigenvalue weighted by molar-refractivity contribution is -0.155. The molecule has 0 aliphatic rings. The topological polar surface area (TPSA) is 47.6 Å². The summed E-state index contributed by atoms with van der Waals surface area (Å²) in [5.74, 6) is 0.427. The first-order chi connectivity index (χ1) is 8.73. The van der Waals surface area contributed by atoms with Crippen molar-refractivity contribution in [3.63, 3.8) is 0 Å². The average molecular weight is 330 g/mol. The van der Waals surface area contributed by atoms with Gasteiger partial charge in [-0.05, 0) is 55.8 Å². The molecule has 0 heterocycles. The third-order valence-electron chi connectivity index (χ3n) is 2.29. The Balaban J connectivity index is 2.71. The Morgan fingerprint density at radius 2 is 2.00 bits per heavy atom. The first-order valence-corrected chi connectivity index (χ1v) is 6.85. The Morgan fingerprint density at radius 3 is 2.53 bits per heavy atom. The van der Waals surface area contributed by atoms with Crippen LogP contribution in [0.25, 0.3) is 0 Å². The standard InChI is InChI=1S/C14H20BrNO3/c1-9(13(17)19-14(2,3)4)16-10-6-7-11(15)12(8-10)18-5/h6-9,16H,1-5H3. The molecule has 0 aliphatic carbocycles. The van der Waals surface area contributed by atoms with Crippen LogP contribution in [0, 0.1) is 0 Å². The van der Waals surface area contributed by atoms with Gasteiger partial charge >= 0.3 is 5.97 Å². The summed E-state index contributed by atoms with van der Waals surface area (Å²) in [6.07, 6.45) is 0. The summed E-state index contributed by atoms with van der Waals surface area (Å²) in [7, 11) is 1.60. The average Bonchev–Trinajstić information content (AvgIpc) is 2.29. The van der Waals surface area contributed by atoms with Crippen molar-refractivity contribution < 1.29 is 14.3 Å². The van der Waals surface area contributed by atoms with Gasteiger partial charge in [0.15, 0.2) is 0 Å². The molecule has 0 aliphatic heterocycles. The molecule has 4 nitrogen and oxygen atoms in total. The maximum atomic E-state index is 11.9. The zero-order chi connectivity index (χ0) is 14.6. The second-order valence-corrected chi connectivity index (χ2v) is 6.10. The van der Waals surface area contributed by atoms with E-state index < -0.39 is 11.6 Å². The molecule has 1 rings (SSSR count). The van der Waals surface area contributed by atoms with Crippen molar-refractivity contribution in [2.24, 2.45) is 0 Å². The molecule has 0 fully saturated rings. The molecule has 0 saturated heterocycles. The molecular weight excluding hydrogens is 310 g/mol. The number of hydrogen-bond donors (Lipinski definition) is 1. The zero-order valence-electron chi connectivity index (χ0n) is 11.9. The quantitative estimate of drug-likeness (QED) is 0.857. The maximum absolute atomic E-state index is 11.9. The van der Waals surface area contributed by atoms with Crippen molar-refractivity contribution in [2.75, 3.05) is 12.4 Å². The van der Waals surface area contributed by atoms with Crippen molar-refractivity contribution in [3.05, 3.63) is 22.7 Å². The van der Waals surface area contributed by atoms with Crippen LogP contribution in [-0.2, 0) is 9.53 Å². The first kappa shape index (κ1) is 15.8. The van der Waals surface area contributed by atoms with Crippen molar-refractivity contribution in [3.8, 4) is 5.75 Å². The van der Waals surface area contributed by atoms with Gasteiger partial charge in [0.05, 0.1) is 11.6 Å². The molecule has 0 amide bonds. The highest BCUT2D eigenvalue weighted by molar-refractivity contribution is 9.10. The monoisotopic (exact) mass is 329 g/mol. The van der Waals surface area contributed by atoms with Crippen molar-refractivity contribution >= 4 is 27.6 Å². The van der Waals surface area contributed by atoms with E-state index in [2.05, 4.69) is 21.2 Å². The van der Waals surface area contributed by atoms with E-state index in [0.29, 0.717) is 5.75 Å². The Hall–Kier alpha value is -1.23. The fraction of sp³-hybridized carbons (Fsp3) is 0.500. The van der Waals surface area contributed by atoms with Gasteiger partial charge in [-0.15, -0.1) is 0 Å². The van der Waals surface area contributed by atoms with Crippen LogP contribution in [0.2, 0.25) is 0 Å². The van der Waals surface area contributed by atoms with Gasteiger partial charge in [0.25, 0.3) is 0 Å². The third kappa shape index (κ3) is 5.11. The predicted molar refractivity (Wildman–Crippen MR) is 79.6 cm³/mol. The largest absolute Gasteiger partial charge is 0.495 e. The van der Waals surface area contributed by atoms with Crippen LogP contribution in [0.5, 0.6) is 5.75 Å². The second kappa shape index (κ2) is 6.28. The number of methoxy groups -OCH3 is 1. The van der Waals surface area contributed by atoms with Crippen molar-refractivity contribution in [1.82, 2.24) is 0 Å². The Morgan fingerprint density at radius 1 is 1.37 bits per heavy atom. The number of benzene rings is 1. The smallest absolute Gasteiger partial charge is 0.328 e. The van der Waals surface area contributed by atoms with E-state index in [-0.39, 0.29) is 5.97 Å². The molecule has 106 valence electrons. The Kier molecular flexibility index (Phi) is 5.23. The molecule has 1 atom stereocenters. The number of esters is 1. The van der Waals surface area contributed by atoms with E-state index in [1.807, 2.05) is 39.0 Å². The van der Waals surface area contributed by atoms with Crippen LogP contribution in [0.4, 0.5) is 5.69 Å². The minimum absolute atomic E-state index is 0.283. The van der Waals surface area contributed by atoms with Gasteiger partial charge in [-0.3, -0.25) is 0 Å². The van der Waals surface area contributed by atoms with Crippen LogP contribution in [-0.4, -0.2) is 24.7 Å². The lowest BCUT2D eigenvalue weighted by Gasteiger charge is -2.23. The van der Waals surface area contributed by atoms with Gasteiger partial charge in [-0.1, -0.05) is 0 Å². The summed E-state index contributed by atoms with van der Waals surface area (Å²) in [5, 5.41) is 3.09. The van der Waals surface area contributed by atoms with Crippen LogP contribution in [0.1, 0.15) is 27.7 Å². The lowest BCUT2D eigenvalue weighted by atomic mass is 10.2. The highest BCUT2D eigenvalue weighted by atomic mass is 79.9. The zero-order valence-corrected chi connectivity index (χ0v) is 13.5. The molecule has 1 unspecified atom stereocenters. The van der Waals surface area contributed by atoms with E-state index in [1.165, 1.54) is 0 Å². The summed E-state index contributed by atoms with van der Waals surface area (Å²) in [5.41, 5.74) is 0.322. The van der Waals surface area contributed by atoms with E-state index in [9.17, 15) is 4.79 Å². The van der Waals surface area contributed by atoms with Crippen molar-refractivity contribution in [1.29, 1.82) is 0 Å². The fourth-order valence-electron chi connectivity index (χ4n) is 1.45. The molecule has 0 aromatic heterocycles. The van der Waals surface area contributed by atoms with Crippen LogP contribution >= 0.6 is 15.9 Å². The molecule has 5 heteroatoms. The third-order valence-corrected chi connectivity index (χ3v) is 2.95. The lowest BCUT2D eigenvalue weighted by Crippen LogP contribution is -2.34. The van der Waals surface area contributed by atoms with Gasteiger partial charge in [0.2, 0.25) is 0 Å². The molecule has 1 N–H and O–H groups in total. The minimum Gasteiger partial charge on any atom is -0.495 e. The number of hydrogen-bond acceptors (Lipinski definition) is 4. The normalized spacial score (nSPS) is 12.7. The number of anilines is 1. The molecule has 0 saturated carbocycles. The summed E-state index contributed by atoms with van der Waals surface area (Å²) in [6, 6.07) is 5.13. The number of halogens is 1. The van der Waals surface area contributed by atoms with Gasteiger partial charge in [0, 0.05) is 11.8 Å². The molecule has 19 heavy (non-hydrogen) atoms. The number of ether oxygens (including phenoxy) is 2. The Labute approximate surface area is 122 Å². The first-order valence-electron chi connectivity index (χ1n) is 6.06. The number of rotatable bonds is 4. The van der Waals surface area contributed by atoms with Gasteiger partial charge in [-0.2, -0.15) is 0 Å². The highest BCUT2D eigenvalue weighted by Gasteiger charge is 2.21. The van der Waals surface area contributed by atoms with Crippen LogP contribution < -0.4 is 10.1 Å².